The number of carbonyl (C=O) groups is 1. The summed E-state index contributed by atoms with van der Waals surface area (Å²) >= 11 is 0. The van der Waals surface area contributed by atoms with Gasteiger partial charge < -0.3 is 24.8 Å². The monoisotopic (exact) mass is 409 g/mol. The molecule has 0 bridgehead atoms. The highest BCUT2D eigenvalue weighted by atomic mass is 16.7. The summed E-state index contributed by atoms with van der Waals surface area (Å²) in [6, 6.07) is 10.4. The van der Waals surface area contributed by atoms with Gasteiger partial charge in [-0.3, -0.25) is 4.79 Å². The Bertz CT molecular complexity index is 924. The zero-order valence-electron chi connectivity index (χ0n) is 17.1. The minimum Gasteiger partial charge on any atom is -0.454 e. The number of benzene rings is 1. The second kappa shape index (κ2) is 9.17. The van der Waals surface area contributed by atoms with E-state index in [0.717, 1.165) is 38.0 Å². The lowest BCUT2D eigenvalue weighted by atomic mass is 10.1. The number of amides is 1. The summed E-state index contributed by atoms with van der Waals surface area (Å²) in [6.07, 6.45) is 5.67. The molecule has 30 heavy (non-hydrogen) atoms. The van der Waals surface area contributed by atoms with Crippen LogP contribution in [0.3, 0.4) is 0 Å². The zero-order chi connectivity index (χ0) is 20.9. The molecule has 0 saturated carbocycles. The third-order valence-corrected chi connectivity index (χ3v) is 5.35. The maximum absolute atomic E-state index is 13.2. The van der Waals surface area contributed by atoms with E-state index >= 15 is 0 Å². The van der Waals surface area contributed by atoms with E-state index in [1.807, 2.05) is 30.0 Å². The van der Waals surface area contributed by atoms with E-state index in [0.29, 0.717) is 22.9 Å². The van der Waals surface area contributed by atoms with E-state index < -0.39 is 12.1 Å². The van der Waals surface area contributed by atoms with Gasteiger partial charge in [0.2, 0.25) is 12.7 Å². The summed E-state index contributed by atoms with van der Waals surface area (Å²) < 4.78 is 10.7. The molecule has 1 amide bonds. The molecule has 4 rings (SSSR count). The van der Waals surface area contributed by atoms with Crippen molar-refractivity contribution in [2.24, 2.45) is 0 Å². The van der Waals surface area contributed by atoms with Crippen molar-refractivity contribution in [3.8, 4) is 11.5 Å². The Balaban J connectivity index is 1.52. The summed E-state index contributed by atoms with van der Waals surface area (Å²) in [4.78, 5) is 19.5. The molecule has 2 aliphatic heterocycles. The van der Waals surface area contributed by atoms with Crippen molar-refractivity contribution in [2.45, 2.75) is 38.3 Å². The van der Waals surface area contributed by atoms with Gasteiger partial charge in [-0.05, 0) is 56.0 Å². The molecule has 2 unspecified atom stereocenters. The number of ether oxygens (including phenoxy) is 2. The topological polar surface area (TPSA) is 83.9 Å². The molecule has 7 nitrogen and oxygen atoms in total. The van der Waals surface area contributed by atoms with E-state index in [1.54, 1.807) is 30.4 Å². The Morgan fingerprint density at radius 1 is 1.13 bits per heavy atom. The molecule has 2 aromatic rings. The maximum Gasteiger partial charge on any atom is 0.249 e. The van der Waals surface area contributed by atoms with Crippen LogP contribution in [0.2, 0.25) is 0 Å². The second-order valence-electron chi connectivity index (χ2n) is 7.61. The van der Waals surface area contributed by atoms with Gasteiger partial charge in [-0.15, -0.1) is 0 Å². The average Bonchev–Trinajstić information content (AvgIpc) is 3.24. The van der Waals surface area contributed by atoms with Gasteiger partial charge in [0, 0.05) is 18.8 Å². The number of likely N-dealkylation sites (tertiary alicyclic amines) is 1. The molecular weight excluding hydrogens is 382 g/mol. The van der Waals surface area contributed by atoms with Crippen LogP contribution < -0.4 is 14.8 Å². The molecule has 1 saturated heterocycles. The number of hydrogen-bond donors (Lipinski definition) is 2. The molecule has 1 aromatic heterocycles. The predicted molar refractivity (Wildman–Crippen MR) is 113 cm³/mol. The Kier molecular flexibility index (Phi) is 6.18. The second-order valence-corrected chi connectivity index (χ2v) is 7.61. The Morgan fingerprint density at radius 2 is 1.93 bits per heavy atom. The van der Waals surface area contributed by atoms with Crippen LogP contribution in [0, 0.1) is 6.92 Å². The Morgan fingerprint density at radius 3 is 2.73 bits per heavy atom. The van der Waals surface area contributed by atoms with Gasteiger partial charge >= 0.3 is 0 Å². The molecule has 2 N–H and O–H groups in total. The highest BCUT2D eigenvalue weighted by Gasteiger charge is 2.24. The number of aliphatic hydroxyl groups excluding tert-OH is 1. The fraction of sp³-hybridized carbons (Fsp3) is 0.391. The van der Waals surface area contributed by atoms with E-state index in [2.05, 4.69) is 10.3 Å². The van der Waals surface area contributed by atoms with Gasteiger partial charge in [-0.25, -0.2) is 4.98 Å². The molecule has 3 heterocycles. The van der Waals surface area contributed by atoms with Crippen LogP contribution in [0.1, 0.15) is 36.6 Å². The number of fused-ring (bicyclic) bond motifs is 1. The SMILES string of the molecule is Cc1cccc(NC(/C=C\C(O)c2ccc3c(c2)OCO3)C(=O)N2CCCCC2)n1. The summed E-state index contributed by atoms with van der Waals surface area (Å²) in [7, 11) is 0. The zero-order valence-corrected chi connectivity index (χ0v) is 17.1. The summed E-state index contributed by atoms with van der Waals surface area (Å²) in [5.41, 5.74) is 1.54. The lowest BCUT2D eigenvalue weighted by Gasteiger charge is -2.30. The van der Waals surface area contributed by atoms with Crippen LogP contribution in [0.15, 0.2) is 48.6 Å². The van der Waals surface area contributed by atoms with Crippen molar-refractivity contribution in [2.75, 3.05) is 25.2 Å². The first-order valence-corrected chi connectivity index (χ1v) is 10.3. The minimum atomic E-state index is -0.872. The average molecular weight is 409 g/mol. The van der Waals surface area contributed by atoms with Gasteiger partial charge in [0.1, 0.15) is 11.9 Å². The van der Waals surface area contributed by atoms with E-state index in [-0.39, 0.29) is 12.7 Å². The van der Waals surface area contributed by atoms with Crippen LogP contribution in [0.25, 0.3) is 0 Å². The molecular formula is C23H27N3O4. The third kappa shape index (κ3) is 4.74. The van der Waals surface area contributed by atoms with Crippen LogP contribution in [-0.4, -0.2) is 46.8 Å². The maximum atomic E-state index is 13.2. The molecule has 2 atom stereocenters. The van der Waals surface area contributed by atoms with Crippen LogP contribution >= 0.6 is 0 Å². The lowest BCUT2D eigenvalue weighted by molar-refractivity contribution is -0.131. The summed E-state index contributed by atoms with van der Waals surface area (Å²) in [5, 5.41) is 13.9. The molecule has 0 radical (unpaired) electrons. The van der Waals surface area contributed by atoms with Gasteiger partial charge in [-0.2, -0.15) is 0 Å². The first-order valence-electron chi connectivity index (χ1n) is 10.3. The number of hydrogen-bond acceptors (Lipinski definition) is 6. The van der Waals surface area contributed by atoms with Crippen LogP contribution in [0.5, 0.6) is 11.5 Å². The standard InChI is InChI=1S/C23H27N3O4/c1-16-6-5-7-22(24-16)25-18(23(28)26-12-3-2-4-13-26)9-10-19(27)17-8-11-20-21(14-17)30-15-29-20/h5-11,14,18-19,27H,2-4,12-13,15H2,1H3,(H,24,25)/b10-9-. The molecule has 0 aliphatic carbocycles. The Labute approximate surface area is 176 Å². The van der Waals surface area contributed by atoms with E-state index in [9.17, 15) is 9.90 Å². The smallest absolute Gasteiger partial charge is 0.249 e. The van der Waals surface area contributed by atoms with Crippen LogP contribution in [-0.2, 0) is 4.79 Å². The molecule has 1 fully saturated rings. The number of rotatable bonds is 6. The normalized spacial score (nSPS) is 17.7. The number of nitrogens with zero attached hydrogens (tertiary/aromatic N) is 2. The number of anilines is 1. The van der Waals surface area contributed by atoms with E-state index in [4.69, 9.17) is 9.47 Å². The number of aryl methyl sites for hydroxylation is 1. The largest absolute Gasteiger partial charge is 0.454 e. The first kappa shape index (κ1) is 20.2. The van der Waals surface area contributed by atoms with Gasteiger partial charge in [-0.1, -0.05) is 24.3 Å². The molecule has 158 valence electrons. The molecule has 2 aliphatic rings. The van der Waals surface area contributed by atoms with Crippen molar-refractivity contribution < 1.29 is 19.4 Å². The van der Waals surface area contributed by atoms with Crippen LogP contribution in [0.4, 0.5) is 5.82 Å². The number of nitrogens with one attached hydrogen (secondary N) is 1. The predicted octanol–water partition coefficient (Wildman–Crippen LogP) is 3.20. The number of aromatic nitrogens is 1. The van der Waals surface area contributed by atoms with Gasteiger partial charge in [0.15, 0.2) is 11.5 Å². The number of aliphatic hydroxyl groups is 1. The highest BCUT2D eigenvalue weighted by molar-refractivity contribution is 5.86. The van der Waals surface area contributed by atoms with Crippen molar-refractivity contribution in [1.29, 1.82) is 0 Å². The number of pyridine rings is 1. The fourth-order valence-corrected chi connectivity index (χ4v) is 3.71. The van der Waals surface area contributed by atoms with Gasteiger partial charge in [0.25, 0.3) is 0 Å². The van der Waals surface area contributed by atoms with Crippen molar-refractivity contribution in [3.05, 3.63) is 59.8 Å². The van der Waals surface area contributed by atoms with E-state index in [1.165, 1.54) is 0 Å². The number of piperidine rings is 1. The summed E-state index contributed by atoms with van der Waals surface area (Å²) in [6.45, 7) is 3.62. The summed E-state index contributed by atoms with van der Waals surface area (Å²) in [5.74, 6) is 1.91. The quantitative estimate of drug-likeness (QED) is 0.713. The van der Waals surface area contributed by atoms with Crippen molar-refractivity contribution >= 4 is 11.7 Å². The van der Waals surface area contributed by atoms with Crippen molar-refractivity contribution in [1.82, 2.24) is 9.88 Å². The number of carbonyl (C=O) groups excluding carboxylic acids is 1. The first-order chi connectivity index (χ1) is 14.6. The minimum absolute atomic E-state index is 0.00728. The fourth-order valence-electron chi connectivity index (χ4n) is 3.71. The Hall–Kier alpha value is -3.06. The molecule has 0 spiro atoms. The van der Waals surface area contributed by atoms with Gasteiger partial charge in [0.05, 0.1) is 6.10 Å². The highest BCUT2D eigenvalue weighted by Crippen LogP contribution is 2.34. The lowest BCUT2D eigenvalue weighted by Crippen LogP contribution is -2.44. The third-order valence-electron chi connectivity index (χ3n) is 5.35. The molecule has 1 aromatic carbocycles. The molecule has 7 heteroatoms. The van der Waals surface area contributed by atoms with Crippen molar-refractivity contribution in [3.63, 3.8) is 0 Å².